The van der Waals surface area contributed by atoms with Crippen molar-refractivity contribution in [1.82, 2.24) is 9.80 Å². The first-order valence-electron chi connectivity index (χ1n) is 6.48. The van der Waals surface area contributed by atoms with Gasteiger partial charge < -0.3 is 10.8 Å². The molecule has 0 aromatic rings. The molecule has 2 atom stereocenters. The molecule has 2 heterocycles. The van der Waals surface area contributed by atoms with Crippen LogP contribution in [-0.4, -0.2) is 65.2 Å². The lowest BCUT2D eigenvalue weighted by Gasteiger charge is -2.27. The van der Waals surface area contributed by atoms with Gasteiger partial charge in [0, 0.05) is 19.1 Å². The van der Waals surface area contributed by atoms with Gasteiger partial charge in [0.15, 0.2) is 0 Å². The number of likely N-dealkylation sites (tertiary alicyclic amines) is 2. The number of carboxylic acid groups (broad SMARTS) is 1. The Morgan fingerprint density at radius 2 is 2.06 bits per heavy atom. The maximum atomic E-state index is 11.0. The van der Waals surface area contributed by atoms with Crippen LogP contribution in [0.25, 0.3) is 0 Å². The maximum absolute atomic E-state index is 11.0. The number of carbonyl (C=O) groups is 1. The molecule has 0 bridgehead atoms. The molecule has 2 saturated heterocycles. The fourth-order valence-corrected chi connectivity index (χ4v) is 2.89. The molecule has 0 saturated carbocycles. The Morgan fingerprint density at radius 1 is 1.41 bits per heavy atom. The minimum Gasteiger partial charge on any atom is -0.480 e. The van der Waals surface area contributed by atoms with E-state index in [1.165, 1.54) is 25.9 Å². The van der Waals surface area contributed by atoms with E-state index in [1.807, 2.05) is 0 Å². The SMILES string of the molecule is CC(N)(CN1CCC(N2CCCC2)C1)C(=O)O. The zero-order valence-corrected chi connectivity index (χ0v) is 10.6. The Labute approximate surface area is 103 Å². The number of hydrogen-bond acceptors (Lipinski definition) is 4. The highest BCUT2D eigenvalue weighted by molar-refractivity contribution is 5.78. The molecule has 2 aliphatic heterocycles. The molecule has 0 spiro atoms. The molecule has 17 heavy (non-hydrogen) atoms. The first-order valence-corrected chi connectivity index (χ1v) is 6.48. The Bertz CT molecular complexity index is 287. The second kappa shape index (κ2) is 4.92. The van der Waals surface area contributed by atoms with Crippen LogP contribution in [0.2, 0.25) is 0 Å². The molecule has 2 aliphatic rings. The number of rotatable bonds is 4. The van der Waals surface area contributed by atoms with Crippen molar-refractivity contribution in [3.63, 3.8) is 0 Å². The summed E-state index contributed by atoms with van der Waals surface area (Å²) < 4.78 is 0. The third kappa shape index (κ3) is 2.97. The van der Waals surface area contributed by atoms with Crippen molar-refractivity contribution < 1.29 is 9.90 Å². The summed E-state index contributed by atoms with van der Waals surface area (Å²) >= 11 is 0. The molecule has 2 fully saturated rings. The van der Waals surface area contributed by atoms with Crippen LogP contribution >= 0.6 is 0 Å². The van der Waals surface area contributed by atoms with Gasteiger partial charge in [-0.1, -0.05) is 0 Å². The van der Waals surface area contributed by atoms with Gasteiger partial charge in [0.05, 0.1) is 0 Å². The van der Waals surface area contributed by atoms with Crippen LogP contribution in [0.15, 0.2) is 0 Å². The fraction of sp³-hybridized carbons (Fsp3) is 0.917. The van der Waals surface area contributed by atoms with E-state index in [-0.39, 0.29) is 0 Å². The van der Waals surface area contributed by atoms with Crippen molar-refractivity contribution >= 4 is 5.97 Å². The minimum absolute atomic E-state index is 0.451. The zero-order valence-electron chi connectivity index (χ0n) is 10.6. The summed E-state index contributed by atoms with van der Waals surface area (Å²) in [6.45, 7) is 6.40. The summed E-state index contributed by atoms with van der Waals surface area (Å²) in [7, 11) is 0. The summed E-state index contributed by atoms with van der Waals surface area (Å²) in [5.74, 6) is -0.915. The summed E-state index contributed by atoms with van der Waals surface area (Å²) in [6.07, 6.45) is 3.76. The van der Waals surface area contributed by atoms with E-state index in [0.29, 0.717) is 12.6 Å². The van der Waals surface area contributed by atoms with Crippen LogP contribution in [-0.2, 0) is 4.79 Å². The standard InChI is InChI=1S/C12H23N3O2/c1-12(13,11(16)17)9-14-7-4-10(8-14)15-5-2-3-6-15/h10H,2-9,13H2,1H3,(H,16,17). The van der Waals surface area contributed by atoms with Crippen molar-refractivity contribution in [3.8, 4) is 0 Å². The number of nitrogens with two attached hydrogens (primary N) is 1. The lowest BCUT2D eigenvalue weighted by molar-refractivity contribution is -0.143. The molecular weight excluding hydrogens is 218 g/mol. The molecule has 98 valence electrons. The topological polar surface area (TPSA) is 69.8 Å². The van der Waals surface area contributed by atoms with Gasteiger partial charge in [0.2, 0.25) is 0 Å². The monoisotopic (exact) mass is 241 g/mol. The maximum Gasteiger partial charge on any atom is 0.324 e. The zero-order chi connectivity index (χ0) is 12.5. The molecule has 2 rings (SSSR count). The van der Waals surface area contributed by atoms with Gasteiger partial charge in [-0.25, -0.2) is 0 Å². The molecule has 0 aromatic carbocycles. The predicted molar refractivity (Wildman–Crippen MR) is 65.9 cm³/mol. The highest BCUT2D eigenvalue weighted by atomic mass is 16.4. The van der Waals surface area contributed by atoms with E-state index < -0.39 is 11.5 Å². The smallest absolute Gasteiger partial charge is 0.324 e. The normalized spacial score (nSPS) is 30.6. The van der Waals surface area contributed by atoms with Crippen LogP contribution in [0, 0.1) is 0 Å². The summed E-state index contributed by atoms with van der Waals surface area (Å²) in [5, 5.41) is 9.02. The lowest BCUT2D eigenvalue weighted by Crippen LogP contribution is -2.53. The number of aliphatic carboxylic acids is 1. The van der Waals surface area contributed by atoms with Crippen molar-refractivity contribution in [1.29, 1.82) is 0 Å². The lowest BCUT2D eigenvalue weighted by atomic mass is 10.0. The van der Waals surface area contributed by atoms with E-state index in [2.05, 4.69) is 9.80 Å². The van der Waals surface area contributed by atoms with Crippen molar-refractivity contribution in [2.75, 3.05) is 32.7 Å². The van der Waals surface area contributed by atoms with Gasteiger partial charge in [-0.2, -0.15) is 0 Å². The molecule has 0 amide bonds. The molecule has 0 aliphatic carbocycles. The highest BCUT2D eigenvalue weighted by Crippen LogP contribution is 2.21. The van der Waals surface area contributed by atoms with E-state index in [1.54, 1.807) is 6.92 Å². The fourth-order valence-electron chi connectivity index (χ4n) is 2.89. The molecule has 5 heteroatoms. The first-order chi connectivity index (χ1) is 7.99. The first kappa shape index (κ1) is 12.8. The van der Waals surface area contributed by atoms with Gasteiger partial charge in [-0.3, -0.25) is 14.6 Å². The van der Waals surface area contributed by atoms with E-state index in [9.17, 15) is 4.79 Å². The molecular formula is C12H23N3O2. The number of nitrogens with zero attached hydrogens (tertiary/aromatic N) is 2. The largest absolute Gasteiger partial charge is 0.480 e. The highest BCUT2D eigenvalue weighted by Gasteiger charge is 2.35. The van der Waals surface area contributed by atoms with Crippen LogP contribution in [0.5, 0.6) is 0 Å². The third-order valence-electron chi connectivity index (χ3n) is 3.95. The molecule has 3 N–H and O–H groups in total. The van der Waals surface area contributed by atoms with Crippen LogP contribution in [0.3, 0.4) is 0 Å². The predicted octanol–water partition coefficient (Wildman–Crippen LogP) is -0.0415. The number of hydrogen-bond donors (Lipinski definition) is 2. The van der Waals surface area contributed by atoms with Gasteiger partial charge in [0.1, 0.15) is 5.54 Å². The summed E-state index contributed by atoms with van der Waals surface area (Å²) in [5.41, 5.74) is 4.66. The molecule has 2 unspecified atom stereocenters. The second-order valence-electron chi connectivity index (χ2n) is 5.64. The summed E-state index contributed by atoms with van der Waals surface area (Å²) in [4.78, 5) is 15.7. The Balaban J connectivity index is 1.83. The second-order valence-corrected chi connectivity index (χ2v) is 5.64. The molecule has 0 radical (unpaired) electrons. The molecule has 0 aromatic heterocycles. The minimum atomic E-state index is -1.13. The van der Waals surface area contributed by atoms with Crippen LogP contribution in [0.1, 0.15) is 26.2 Å². The van der Waals surface area contributed by atoms with E-state index >= 15 is 0 Å². The van der Waals surface area contributed by atoms with Crippen molar-refractivity contribution in [2.24, 2.45) is 5.73 Å². The number of carboxylic acids is 1. The third-order valence-corrected chi connectivity index (χ3v) is 3.95. The Kier molecular flexibility index (Phi) is 3.70. The van der Waals surface area contributed by atoms with E-state index in [0.717, 1.165) is 19.5 Å². The summed E-state index contributed by atoms with van der Waals surface area (Å²) in [6, 6.07) is 0.613. The average molecular weight is 241 g/mol. The average Bonchev–Trinajstić information content (AvgIpc) is 2.85. The van der Waals surface area contributed by atoms with Gasteiger partial charge in [0.25, 0.3) is 0 Å². The van der Waals surface area contributed by atoms with E-state index in [4.69, 9.17) is 10.8 Å². The quantitative estimate of drug-likeness (QED) is 0.722. The van der Waals surface area contributed by atoms with Gasteiger partial charge in [-0.05, 0) is 45.8 Å². The molecule has 5 nitrogen and oxygen atoms in total. The van der Waals surface area contributed by atoms with Crippen LogP contribution < -0.4 is 5.73 Å². The van der Waals surface area contributed by atoms with Crippen molar-refractivity contribution in [3.05, 3.63) is 0 Å². The van der Waals surface area contributed by atoms with Crippen molar-refractivity contribution in [2.45, 2.75) is 37.8 Å². The van der Waals surface area contributed by atoms with Gasteiger partial charge >= 0.3 is 5.97 Å². The van der Waals surface area contributed by atoms with Crippen LogP contribution in [0.4, 0.5) is 0 Å². The Hall–Kier alpha value is -0.650. The van der Waals surface area contributed by atoms with Gasteiger partial charge in [-0.15, -0.1) is 0 Å². The Morgan fingerprint density at radius 3 is 2.65 bits per heavy atom.